The van der Waals surface area contributed by atoms with Crippen LogP contribution in [0.2, 0.25) is 0 Å². The first kappa shape index (κ1) is 11.0. The molecule has 0 unspecified atom stereocenters. The van der Waals surface area contributed by atoms with Gasteiger partial charge in [-0.25, -0.2) is 9.67 Å². The zero-order valence-corrected chi connectivity index (χ0v) is 8.91. The van der Waals surface area contributed by atoms with Gasteiger partial charge in [-0.1, -0.05) is 5.16 Å². The highest BCUT2D eigenvalue weighted by Crippen LogP contribution is 1.91. The molecule has 9 nitrogen and oxygen atoms in total. The molecule has 1 amide bonds. The Bertz CT molecular complexity index is 478. The van der Waals surface area contributed by atoms with Crippen LogP contribution in [0.3, 0.4) is 0 Å². The molecule has 2 rings (SSSR count). The summed E-state index contributed by atoms with van der Waals surface area (Å²) >= 11 is 0. The Morgan fingerprint density at radius 3 is 3.06 bits per heavy atom. The first-order chi connectivity index (χ1) is 8.24. The molecule has 90 valence electrons. The van der Waals surface area contributed by atoms with E-state index in [4.69, 9.17) is 10.3 Å². The third-order valence-electron chi connectivity index (χ3n) is 1.93. The molecule has 0 aliphatic carbocycles. The van der Waals surface area contributed by atoms with Crippen molar-refractivity contribution in [2.75, 3.05) is 12.3 Å². The number of rotatable bonds is 5. The molecule has 3 N–H and O–H groups in total. The second-order valence-electron chi connectivity index (χ2n) is 3.24. The van der Waals surface area contributed by atoms with Crippen molar-refractivity contribution in [1.29, 1.82) is 0 Å². The number of anilines is 1. The molecule has 2 aromatic rings. The summed E-state index contributed by atoms with van der Waals surface area (Å²) in [7, 11) is 0. The van der Waals surface area contributed by atoms with E-state index in [0.717, 1.165) is 0 Å². The van der Waals surface area contributed by atoms with Crippen LogP contribution in [0.4, 0.5) is 5.95 Å². The Labute approximate surface area is 96.0 Å². The molecule has 0 spiro atoms. The van der Waals surface area contributed by atoms with E-state index in [0.29, 0.717) is 18.9 Å². The van der Waals surface area contributed by atoms with Gasteiger partial charge in [-0.05, 0) is 0 Å². The summed E-state index contributed by atoms with van der Waals surface area (Å²) in [6.07, 6.45) is 3.20. The molecular formula is C8H11N7O2. The molecule has 0 aliphatic heterocycles. The minimum Gasteiger partial charge on any atom is -0.367 e. The fourth-order valence-electron chi connectivity index (χ4n) is 1.20. The second-order valence-corrected chi connectivity index (χ2v) is 3.24. The van der Waals surface area contributed by atoms with Gasteiger partial charge in [-0.2, -0.15) is 4.98 Å². The molecule has 2 aromatic heterocycles. The van der Waals surface area contributed by atoms with Crippen molar-refractivity contribution in [1.82, 2.24) is 30.2 Å². The van der Waals surface area contributed by atoms with Gasteiger partial charge in [-0.15, -0.1) is 5.10 Å². The topological polar surface area (TPSA) is 125 Å². The minimum absolute atomic E-state index is 0.0774. The van der Waals surface area contributed by atoms with Crippen molar-refractivity contribution in [2.45, 2.75) is 13.0 Å². The predicted octanol–water partition coefficient (Wildman–Crippen LogP) is -1.40. The Morgan fingerprint density at radius 1 is 1.53 bits per heavy atom. The molecule has 0 bridgehead atoms. The molecule has 2 heterocycles. The summed E-state index contributed by atoms with van der Waals surface area (Å²) in [4.78, 5) is 19.0. The van der Waals surface area contributed by atoms with Gasteiger partial charge in [0, 0.05) is 13.0 Å². The number of aromatic nitrogens is 5. The molecule has 0 fully saturated rings. The van der Waals surface area contributed by atoms with Gasteiger partial charge in [0.15, 0.2) is 6.33 Å². The third-order valence-corrected chi connectivity index (χ3v) is 1.93. The van der Waals surface area contributed by atoms with E-state index in [1.807, 2.05) is 0 Å². The molecule has 0 saturated carbocycles. The monoisotopic (exact) mass is 237 g/mol. The highest BCUT2D eigenvalue weighted by molar-refractivity contribution is 5.75. The molecular weight excluding hydrogens is 226 g/mol. The van der Waals surface area contributed by atoms with Crippen molar-refractivity contribution in [3.8, 4) is 0 Å². The van der Waals surface area contributed by atoms with Crippen LogP contribution < -0.4 is 11.1 Å². The van der Waals surface area contributed by atoms with Crippen LogP contribution in [0.25, 0.3) is 0 Å². The van der Waals surface area contributed by atoms with Gasteiger partial charge in [0.2, 0.25) is 17.7 Å². The number of hydrogen-bond donors (Lipinski definition) is 2. The van der Waals surface area contributed by atoms with Crippen LogP contribution in [0.15, 0.2) is 17.2 Å². The average Bonchev–Trinajstić information content (AvgIpc) is 2.90. The van der Waals surface area contributed by atoms with Crippen LogP contribution in [-0.4, -0.2) is 37.4 Å². The normalized spacial score (nSPS) is 10.4. The van der Waals surface area contributed by atoms with Crippen molar-refractivity contribution in [3.63, 3.8) is 0 Å². The minimum atomic E-state index is -0.186. The van der Waals surface area contributed by atoms with Gasteiger partial charge in [-0.3, -0.25) is 4.79 Å². The fourth-order valence-corrected chi connectivity index (χ4v) is 1.20. The molecule has 9 heteroatoms. The number of amides is 1. The van der Waals surface area contributed by atoms with Crippen LogP contribution in [0.1, 0.15) is 5.89 Å². The number of hydrogen-bond acceptors (Lipinski definition) is 7. The van der Waals surface area contributed by atoms with E-state index >= 15 is 0 Å². The van der Waals surface area contributed by atoms with E-state index < -0.39 is 0 Å². The zero-order valence-electron chi connectivity index (χ0n) is 8.91. The highest BCUT2D eigenvalue weighted by atomic mass is 16.5. The summed E-state index contributed by atoms with van der Waals surface area (Å²) < 4.78 is 6.14. The lowest BCUT2D eigenvalue weighted by molar-refractivity contribution is -0.121. The summed E-state index contributed by atoms with van der Waals surface area (Å²) in [6.45, 7) is 0.499. The average molecular weight is 237 g/mol. The number of nitrogens with one attached hydrogen (secondary N) is 1. The fraction of sp³-hybridized carbons (Fsp3) is 0.375. The summed E-state index contributed by atoms with van der Waals surface area (Å²) in [5.74, 6) is 0.438. The van der Waals surface area contributed by atoms with Crippen LogP contribution in [0.5, 0.6) is 0 Å². The number of nitrogens with two attached hydrogens (primary N) is 1. The number of carbonyl (C=O) groups is 1. The summed E-state index contributed by atoms with van der Waals surface area (Å²) in [5.41, 5.74) is 5.32. The lowest BCUT2D eigenvalue weighted by Crippen LogP contribution is -2.29. The van der Waals surface area contributed by atoms with Gasteiger partial charge in [0.1, 0.15) is 12.9 Å². The maximum Gasteiger partial charge on any atom is 0.241 e. The van der Waals surface area contributed by atoms with E-state index in [1.54, 1.807) is 0 Å². The van der Waals surface area contributed by atoms with Crippen LogP contribution in [-0.2, 0) is 17.8 Å². The lowest BCUT2D eigenvalue weighted by atomic mass is 10.4. The first-order valence-corrected chi connectivity index (χ1v) is 4.91. The second kappa shape index (κ2) is 5.05. The van der Waals surface area contributed by atoms with Gasteiger partial charge < -0.3 is 15.6 Å². The first-order valence-electron chi connectivity index (χ1n) is 4.91. The number of carbonyl (C=O) groups excluding carboxylic acids is 1. The van der Waals surface area contributed by atoms with Gasteiger partial charge >= 0.3 is 0 Å². The Morgan fingerprint density at radius 2 is 2.41 bits per heavy atom. The van der Waals surface area contributed by atoms with E-state index in [9.17, 15) is 4.79 Å². The van der Waals surface area contributed by atoms with Crippen molar-refractivity contribution < 1.29 is 9.32 Å². The van der Waals surface area contributed by atoms with Crippen molar-refractivity contribution in [3.05, 3.63) is 18.5 Å². The maximum absolute atomic E-state index is 11.4. The van der Waals surface area contributed by atoms with E-state index in [2.05, 4.69) is 25.5 Å². The largest absolute Gasteiger partial charge is 0.367 e. The van der Waals surface area contributed by atoms with Crippen molar-refractivity contribution >= 4 is 11.9 Å². The highest BCUT2D eigenvalue weighted by Gasteiger charge is 2.05. The van der Waals surface area contributed by atoms with E-state index in [1.165, 1.54) is 17.3 Å². The smallest absolute Gasteiger partial charge is 0.241 e. The summed E-state index contributed by atoms with van der Waals surface area (Å²) in [5, 5.41) is 9.93. The lowest BCUT2D eigenvalue weighted by Gasteiger charge is -2.02. The maximum atomic E-state index is 11.4. The number of nitrogens with zero attached hydrogens (tertiary/aromatic N) is 5. The third kappa shape index (κ3) is 3.26. The van der Waals surface area contributed by atoms with Crippen LogP contribution >= 0.6 is 0 Å². The standard InChI is InChI=1S/C8H11N7O2/c9-8-12-5-15(14-8)3-6(16)10-2-1-7-11-4-13-17-7/h4-5H,1-3H2,(H2,9,14)(H,10,16). The Hall–Kier alpha value is -2.45. The molecule has 0 atom stereocenters. The summed E-state index contributed by atoms with van der Waals surface area (Å²) in [6, 6.07) is 0. The quantitative estimate of drug-likeness (QED) is 0.655. The van der Waals surface area contributed by atoms with Crippen molar-refractivity contribution in [2.24, 2.45) is 0 Å². The molecule has 0 radical (unpaired) electrons. The SMILES string of the molecule is Nc1ncn(CC(=O)NCCc2ncno2)n1. The van der Waals surface area contributed by atoms with Gasteiger partial charge in [0.25, 0.3) is 0 Å². The molecule has 17 heavy (non-hydrogen) atoms. The predicted molar refractivity (Wildman–Crippen MR) is 55.4 cm³/mol. The van der Waals surface area contributed by atoms with Gasteiger partial charge in [0.05, 0.1) is 0 Å². The van der Waals surface area contributed by atoms with E-state index in [-0.39, 0.29) is 18.4 Å². The molecule has 0 saturated heterocycles. The molecule has 0 aliphatic rings. The Kier molecular flexibility index (Phi) is 3.28. The van der Waals surface area contributed by atoms with Crippen LogP contribution in [0, 0.1) is 0 Å². The zero-order chi connectivity index (χ0) is 12.1. The molecule has 0 aromatic carbocycles. The Balaban J connectivity index is 1.71. The number of nitrogen functional groups attached to an aromatic ring is 1.